The van der Waals surface area contributed by atoms with Gasteiger partial charge in [-0.1, -0.05) is 12.1 Å². The predicted molar refractivity (Wildman–Crippen MR) is 63.4 cm³/mol. The van der Waals surface area contributed by atoms with Gasteiger partial charge in [-0.15, -0.1) is 0 Å². The van der Waals surface area contributed by atoms with Gasteiger partial charge < -0.3 is 10.2 Å². The quantitative estimate of drug-likeness (QED) is 0.938. The lowest BCUT2D eigenvalue weighted by molar-refractivity contribution is 0.464. The van der Waals surface area contributed by atoms with E-state index in [4.69, 9.17) is 10.2 Å². The summed E-state index contributed by atoms with van der Waals surface area (Å²) in [4.78, 5) is 0. The van der Waals surface area contributed by atoms with E-state index in [2.05, 4.69) is 15.9 Å². The summed E-state index contributed by atoms with van der Waals surface area (Å²) in [5.41, 5.74) is 6.79. The first-order chi connectivity index (χ1) is 7.68. The van der Waals surface area contributed by atoms with Crippen molar-refractivity contribution in [1.29, 1.82) is 0 Å². The summed E-state index contributed by atoms with van der Waals surface area (Å²) in [5.74, 6) is 0.431. The van der Waals surface area contributed by atoms with Crippen LogP contribution in [0.15, 0.2) is 45.5 Å². The molecule has 2 N–H and O–H groups in total. The number of rotatable bonds is 3. The Bertz CT molecular complexity index is 470. The van der Waals surface area contributed by atoms with Crippen LogP contribution >= 0.6 is 15.9 Å². The molecule has 1 aromatic heterocycles. The minimum Gasteiger partial charge on any atom is -0.468 e. The fraction of sp³-hybridized carbons (Fsp3) is 0.167. The summed E-state index contributed by atoms with van der Waals surface area (Å²) in [7, 11) is 0. The molecule has 0 radical (unpaired) electrons. The van der Waals surface area contributed by atoms with Crippen LogP contribution in [0.5, 0.6) is 0 Å². The molecular weight excluding hydrogens is 273 g/mol. The molecule has 84 valence electrons. The summed E-state index contributed by atoms with van der Waals surface area (Å²) in [5, 5.41) is 0. The highest BCUT2D eigenvalue weighted by molar-refractivity contribution is 9.10. The van der Waals surface area contributed by atoms with Gasteiger partial charge in [-0.25, -0.2) is 4.39 Å². The van der Waals surface area contributed by atoms with Gasteiger partial charge >= 0.3 is 0 Å². The van der Waals surface area contributed by atoms with Gasteiger partial charge in [0, 0.05) is 0 Å². The molecule has 1 heterocycles. The van der Waals surface area contributed by atoms with Crippen LogP contribution < -0.4 is 5.73 Å². The smallest absolute Gasteiger partial charge is 0.137 e. The van der Waals surface area contributed by atoms with E-state index in [-0.39, 0.29) is 11.9 Å². The van der Waals surface area contributed by atoms with Crippen LogP contribution in [-0.2, 0) is 6.42 Å². The Hall–Kier alpha value is -1.13. The molecule has 0 aliphatic rings. The summed E-state index contributed by atoms with van der Waals surface area (Å²) < 4.78 is 18.9. The maximum Gasteiger partial charge on any atom is 0.137 e. The minimum atomic E-state index is -0.274. The van der Waals surface area contributed by atoms with E-state index in [1.54, 1.807) is 18.4 Å². The van der Waals surface area contributed by atoms with E-state index < -0.39 is 0 Å². The van der Waals surface area contributed by atoms with Crippen LogP contribution in [0.3, 0.4) is 0 Å². The van der Waals surface area contributed by atoms with Crippen LogP contribution in [0.1, 0.15) is 17.4 Å². The van der Waals surface area contributed by atoms with Crippen LogP contribution in [0.25, 0.3) is 0 Å². The average Bonchev–Trinajstić information content (AvgIpc) is 2.78. The molecule has 2 nitrogen and oxygen atoms in total. The van der Waals surface area contributed by atoms with Crippen molar-refractivity contribution in [3.8, 4) is 0 Å². The number of nitrogens with two attached hydrogens (primary N) is 1. The van der Waals surface area contributed by atoms with E-state index in [1.807, 2.05) is 12.1 Å². The summed E-state index contributed by atoms with van der Waals surface area (Å²) in [6.45, 7) is 0. The maximum atomic E-state index is 13.3. The minimum absolute atomic E-state index is 0.256. The molecule has 2 rings (SSSR count). The molecule has 16 heavy (non-hydrogen) atoms. The SMILES string of the molecule is NC(Cc1cccc(F)c1Br)c1ccco1. The topological polar surface area (TPSA) is 39.2 Å². The maximum absolute atomic E-state index is 13.3. The van der Waals surface area contributed by atoms with Crippen molar-refractivity contribution < 1.29 is 8.81 Å². The van der Waals surface area contributed by atoms with Crippen LogP contribution in [0.4, 0.5) is 4.39 Å². The third kappa shape index (κ3) is 2.33. The molecule has 0 amide bonds. The molecule has 0 saturated carbocycles. The Morgan fingerprint density at radius 3 is 2.81 bits per heavy atom. The first-order valence-corrected chi connectivity index (χ1v) is 5.69. The average molecular weight is 284 g/mol. The predicted octanol–water partition coefficient (Wildman–Crippen LogP) is 3.42. The largest absolute Gasteiger partial charge is 0.468 e. The molecule has 2 aromatic rings. The van der Waals surface area contributed by atoms with Crippen molar-refractivity contribution in [2.24, 2.45) is 5.73 Å². The van der Waals surface area contributed by atoms with Gasteiger partial charge in [-0.05, 0) is 46.1 Å². The van der Waals surface area contributed by atoms with Crippen molar-refractivity contribution in [3.05, 3.63) is 58.2 Å². The molecule has 0 fully saturated rings. The lowest BCUT2D eigenvalue weighted by Crippen LogP contribution is -2.12. The Morgan fingerprint density at radius 1 is 1.31 bits per heavy atom. The Morgan fingerprint density at radius 2 is 2.12 bits per heavy atom. The van der Waals surface area contributed by atoms with Gasteiger partial charge in [0.15, 0.2) is 0 Å². The van der Waals surface area contributed by atoms with E-state index in [9.17, 15) is 4.39 Å². The lowest BCUT2D eigenvalue weighted by atomic mass is 10.0. The second kappa shape index (κ2) is 4.80. The second-order valence-corrected chi connectivity index (χ2v) is 4.33. The number of furan rings is 1. The highest BCUT2D eigenvalue weighted by Crippen LogP contribution is 2.25. The highest BCUT2D eigenvalue weighted by atomic mass is 79.9. The van der Waals surface area contributed by atoms with Crippen LogP contribution in [0, 0.1) is 5.82 Å². The first kappa shape index (κ1) is 11.4. The van der Waals surface area contributed by atoms with Crippen molar-refractivity contribution in [3.63, 3.8) is 0 Å². The molecule has 0 aliphatic heterocycles. The molecule has 1 atom stereocenters. The number of hydrogen-bond acceptors (Lipinski definition) is 2. The molecule has 0 saturated heterocycles. The normalized spacial score (nSPS) is 12.7. The Kier molecular flexibility index (Phi) is 3.41. The van der Waals surface area contributed by atoms with Crippen LogP contribution in [0.2, 0.25) is 0 Å². The number of hydrogen-bond donors (Lipinski definition) is 1. The van der Waals surface area contributed by atoms with E-state index in [0.717, 1.165) is 5.56 Å². The van der Waals surface area contributed by atoms with Crippen molar-refractivity contribution in [2.45, 2.75) is 12.5 Å². The standard InChI is InChI=1S/C12H11BrFNO/c13-12-8(3-1-4-9(12)14)7-10(15)11-5-2-6-16-11/h1-6,10H,7,15H2. The molecular formula is C12H11BrFNO. The Balaban J connectivity index is 2.18. The summed E-state index contributed by atoms with van der Waals surface area (Å²) in [6, 6.07) is 8.27. The molecule has 1 unspecified atom stereocenters. The van der Waals surface area contributed by atoms with Crippen molar-refractivity contribution in [2.75, 3.05) is 0 Å². The van der Waals surface area contributed by atoms with Gasteiger partial charge in [0.05, 0.1) is 16.8 Å². The fourth-order valence-electron chi connectivity index (χ4n) is 1.55. The first-order valence-electron chi connectivity index (χ1n) is 4.90. The molecule has 0 bridgehead atoms. The monoisotopic (exact) mass is 283 g/mol. The zero-order valence-corrected chi connectivity index (χ0v) is 10.1. The van der Waals surface area contributed by atoms with E-state index in [0.29, 0.717) is 16.7 Å². The third-order valence-electron chi connectivity index (χ3n) is 2.38. The van der Waals surface area contributed by atoms with Gasteiger partial charge in [0.25, 0.3) is 0 Å². The molecule has 0 aliphatic carbocycles. The zero-order chi connectivity index (χ0) is 11.5. The van der Waals surface area contributed by atoms with Gasteiger partial charge in [-0.3, -0.25) is 0 Å². The van der Waals surface area contributed by atoms with Gasteiger partial charge in [0.2, 0.25) is 0 Å². The highest BCUT2D eigenvalue weighted by Gasteiger charge is 2.13. The Labute approximate surface area is 101 Å². The van der Waals surface area contributed by atoms with Gasteiger partial charge in [-0.2, -0.15) is 0 Å². The van der Waals surface area contributed by atoms with E-state index in [1.165, 1.54) is 6.07 Å². The van der Waals surface area contributed by atoms with Crippen molar-refractivity contribution >= 4 is 15.9 Å². The summed E-state index contributed by atoms with van der Waals surface area (Å²) in [6.07, 6.45) is 2.11. The molecule has 1 aromatic carbocycles. The van der Waals surface area contributed by atoms with Crippen LogP contribution in [-0.4, -0.2) is 0 Å². The fourth-order valence-corrected chi connectivity index (χ4v) is 1.97. The third-order valence-corrected chi connectivity index (χ3v) is 3.27. The molecule has 0 spiro atoms. The molecule has 4 heteroatoms. The lowest BCUT2D eigenvalue weighted by Gasteiger charge is -2.10. The second-order valence-electron chi connectivity index (χ2n) is 3.54. The number of halogens is 2. The zero-order valence-electron chi connectivity index (χ0n) is 8.49. The van der Waals surface area contributed by atoms with E-state index >= 15 is 0 Å². The summed E-state index contributed by atoms with van der Waals surface area (Å²) >= 11 is 3.21. The number of benzene rings is 1. The van der Waals surface area contributed by atoms with Crippen molar-refractivity contribution in [1.82, 2.24) is 0 Å². The van der Waals surface area contributed by atoms with Gasteiger partial charge in [0.1, 0.15) is 11.6 Å².